The van der Waals surface area contributed by atoms with E-state index in [4.69, 9.17) is 0 Å². The molecule has 0 spiro atoms. The number of nitrogens with one attached hydrogen (secondary N) is 1. The lowest BCUT2D eigenvalue weighted by Crippen LogP contribution is -2.44. The molecule has 1 N–H and O–H groups in total. The number of nitrogens with zero attached hydrogens (tertiary/aromatic N) is 2. The highest BCUT2D eigenvalue weighted by molar-refractivity contribution is 6.39. The molecule has 2 amide bonds. The number of pyridine rings is 1. The highest BCUT2D eigenvalue weighted by Gasteiger charge is 2.26. The molecule has 1 atom stereocenters. The fourth-order valence-electron chi connectivity index (χ4n) is 2.41. The van der Waals surface area contributed by atoms with E-state index < -0.39 is 11.8 Å². The van der Waals surface area contributed by atoms with Gasteiger partial charge < -0.3 is 10.2 Å². The van der Waals surface area contributed by atoms with Crippen LogP contribution in [-0.2, 0) is 9.59 Å². The van der Waals surface area contributed by atoms with Crippen LogP contribution < -0.4 is 5.32 Å². The quantitative estimate of drug-likeness (QED) is 0.796. The number of hydrogen-bond acceptors (Lipinski definition) is 3. The van der Waals surface area contributed by atoms with Crippen LogP contribution in [0.1, 0.15) is 31.0 Å². The van der Waals surface area contributed by atoms with Gasteiger partial charge in [-0.1, -0.05) is 6.92 Å². The predicted octanol–water partition coefficient (Wildman–Crippen LogP) is 1.90. The number of hydrogen-bond donors (Lipinski definition) is 1. The monoisotopic (exact) mass is 275 g/mol. The smallest absolute Gasteiger partial charge is 0.313 e. The third-order valence-corrected chi connectivity index (χ3v) is 3.74. The zero-order valence-corrected chi connectivity index (χ0v) is 12.3. The van der Waals surface area contributed by atoms with Crippen molar-refractivity contribution in [3.8, 4) is 0 Å². The Morgan fingerprint density at radius 2 is 2.15 bits per heavy atom. The first-order valence-electron chi connectivity index (χ1n) is 7.01. The highest BCUT2D eigenvalue weighted by Crippen LogP contribution is 2.16. The van der Waals surface area contributed by atoms with Gasteiger partial charge in [-0.3, -0.25) is 14.6 Å². The summed E-state index contributed by atoms with van der Waals surface area (Å²) < 4.78 is 0. The van der Waals surface area contributed by atoms with Gasteiger partial charge in [0.15, 0.2) is 0 Å². The van der Waals surface area contributed by atoms with Gasteiger partial charge in [0.05, 0.1) is 11.9 Å². The van der Waals surface area contributed by atoms with Crippen LogP contribution >= 0.6 is 0 Å². The average Bonchev–Trinajstić information content (AvgIpc) is 2.42. The van der Waals surface area contributed by atoms with Crippen molar-refractivity contribution in [1.82, 2.24) is 9.88 Å². The molecule has 1 aromatic rings. The number of likely N-dealkylation sites (tertiary alicyclic amines) is 1. The van der Waals surface area contributed by atoms with Gasteiger partial charge in [-0.15, -0.1) is 0 Å². The van der Waals surface area contributed by atoms with E-state index in [-0.39, 0.29) is 0 Å². The van der Waals surface area contributed by atoms with E-state index in [0.29, 0.717) is 24.7 Å². The Hall–Kier alpha value is -1.91. The minimum absolute atomic E-state index is 0.449. The first kappa shape index (κ1) is 14.5. The molecular weight excluding hydrogens is 254 g/mol. The third-order valence-electron chi connectivity index (χ3n) is 3.74. The maximum absolute atomic E-state index is 12.1. The lowest BCUT2D eigenvalue weighted by atomic mass is 10.0. The fourth-order valence-corrected chi connectivity index (χ4v) is 2.41. The summed E-state index contributed by atoms with van der Waals surface area (Å²) in [6.45, 7) is 7.26. The Balaban J connectivity index is 2.00. The SMILES string of the molecule is Cc1cc(NC(=O)C(=O)N2CCC[C@H](C)C2)cnc1C. The van der Waals surface area contributed by atoms with Crippen molar-refractivity contribution in [2.24, 2.45) is 5.92 Å². The predicted molar refractivity (Wildman–Crippen MR) is 77.3 cm³/mol. The number of anilines is 1. The van der Waals surface area contributed by atoms with Gasteiger partial charge >= 0.3 is 11.8 Å². The molecule has 2 heterocycles. The zero-order valence-electron chi connectivity index (χ0n) is 12.3. The lowest BCUT2D eigenvalue weighted by Gasteiger charge is -2.30. The second-order valence-electron chi connectivity index (χ2n) is 5.58. The van der Waals surface area contributed by atoms with Crippen LogP contribution in [0.25, 0.3) is 0 Å². The van der Waals surface area contributed by atoms with Crippen LogP contribution in [-0.4, -0.2) is 34.8 Å². The Kier molecular flexibility index (Phi) is 4.37. The molecule has 1 aliphatic rings. The van der Waals surface area contributed by atoms with Gasteiger partial charge in [0.1, 0.15) is 0 Å². The summed E-state index contributed by atoms with van der Waals surface area (Å²) in [6.07, 6.45) is 3.66. The first-order chi connectivity index (χ1) is 9.47. The molecule has 0 unspecified atom stereocenters. The number of amides is 2. The summed E-state index contributed by atoms with van der Waals surface area (Å²) in [5.41, 5.74) is 2.47. The fraction of sp³-hybridized carbons (Fsp3) is 0.533. The molecule has 108 valence electrons. The van der Waals surface area contributed by atoms with Crippen molar-refractivity contribution in [3.05, 3.63) is 23.5 Å². The summed E-state index contributed by atoms with van der Waals surface area (Å²) in [6, 6.07) is 1.83. The maximum Gasteiger partial charge on any atom is 0.313 e. The van der Waals surface area contributed by atoms with E-state index in [1.165, 1.54) is 0 Å². The number of aryl methyl sites for hydroxylation is 2. The van der Waals surface area contributed by atoms with Crippen LogP contribution in [0.2, 0.25) is 0 Å². The van der Waals surface area contributed by atoms with Crippen LogP contribution in [0, 0.1) is 19.8 Å². The van der Waals surface area contributed by atoms with Crippen LogP contribution in [0.5, 0.6) is 0 Å². The Morgan fingerprint density at radius 1 is 1.40 bits per heavy atom. The molecule has 1 fully saturated rings. The Labute approximate surface area is 119 Å². The number of carbonyl (C=O) groups is 2. The van der Waals surface area contributed by atoms with Gasteiger partial charge in [0.2, 0.25) is 0 Å². The van der Waals surface area contributed by atoms with Crippen LogP contribution in [0.3, 0.4) is 0 Å². The normalized spacial score (nSPS) is 18.8. The van der Waals surface area contributed by atoms with Crippen molar-refractivity contribution >= 4 is 17.5 Å². The summed E-state index contributed by atoms with van der Waals surface area (Å²) >= 11 is 0. The molecule has 0 bridgehead atoms. The van der Waals surface area contributed by atoms with Crippen LogP contribution in [0.15, 0.2) is 12.3 Å². The Bertz CT molecular complexity index is 528. The molecule has 0 aliphatic carbocycles. The second kappa shape index (κ2) is 6.03. The lowest BCUT2D eigenvalue weighted by molar-refractivity contribution is -0.144. The molecule has 0 aromatic carbocycles. The van der Waals surface area contributed by atoms with Gasteiger partial charge in [-0.05, 0) is 44.2 Å². The van der Waals surface area contributed by atoms with Crippen molar-refractivity contribution < 1.29 is 9.59 Å². The zero-order chi connectivity index (χ0) is 14.7. The Morgan fingerprint density at radius 3 is 2.80 bits per heavy atom. The summed E-state index contributed by atoms with van der Waals surface area (Å²) in [5.74, 6) is -0.567. The minimum atomic E-state index is -0.579. The van der Waals surface area contributed by atoms with Gasteiger partial charge in [0, 0.05) is 18.8 Å². The third kappa shape index (κ3) is 3.35. The first-order valence-corrected chi connectivity index (χ1v) is 7.01. The molecule has 5 nitrogen and oxygen atoms in total. The molecule has 1 saturated heterocycles. The standard InChI is InChI=1S/C15H21N3O2/c1-10-5-4-6-18(9-10)15(20)14(19)17-13-7-11(2)12(3)16-8-13/h7-8,10H,4-6,9H2,1-3H3,(H,17,19)/t10-/m0/s1. The van der Waals surface area contributed by atoms with E-state index in [9.17, 15) is 9.59 Å². The summed E-state index contributed by atoms with van der Waals surface area (Å²) in [4.78, 5) is 29.9. The number of piperidine rings is 1. The average molecular weight is 275 g/mol. The topological polar surface area (TPSA) is 62.3 Å². The van der Waals surface area contributed by atoms with E-state index in [1.54, 1.807) is 11.1 Å². The summed E-state index contributed by atoms with van der Waals surface area (Å²) in [5, 5.41) is 2.63. The number of carbonyl (C=O) groups excluding carboxylic acids is 2. The molecule has 2 rings (SSSR count). The summed E-state index contributed by atoms with van der Waals surface area (Å²) in [7, 11) is 0. The second-order valence-corrected chi connectivity index (χ2v) is 5.58. The molecule has 20 heavy (non-hydrogen) atoms. The van der Waals surface area contributed by atoms with Crippen molar-refractivity contribution in [1.29, 1.82) is 0 Å². The molecule has 0 radical (unpaired) electrons. The number of aromatic nitrogens is 1. The molecule has 1 aliphatic heterocycles. The minimum Gasteiger partial charge on any atom is -0.334 e. The van der Waals surface area contributed by atoms with Crippen molar-refractivity contribution in [2.45, 2.75) is 33.6 Å². The van der Waals surface area contributed by atoms with Gasteiger partial charge in [-0.25, -0.2) is 0 Å². The molecule has 0 saturated carbocycles. The molecule has 1 aromatic heterocycles. The van der Waals surface area contributed by atoms with Crippen molar-refractivity contribution in [2.75, 3.05) is 18.4 Å². The number of rotatable bonds is 1. The van der Waals surface area contributed by atoms with E-state index in [1.807, 2.05) is 19.9 Å². The van der Waals surface area contributed by atoms with E-state index in [0.717, 1.165) is 24.1 Å². The van der Waals surface area contributed by atoms with Gasteiger partial charge in [0.25, 0.3) is 0 Å². The van der Waals surface area contributed by atoms with Crippen molar-refractivity contribution in [3.63, 3.8) is 0 Å². The molecule has 5 heteroatoms. The maximum atomic E-state index is 12.1. The molecular formula is C15H21N3O2. The van der Waals surface area contributed by atoms with Gasteiger partial charge in [-0.2, -0.15) is 0 Å². The van der Waals surface area contributed by atoms with E-state index >= 15 is 0 Å². The van der Waals surface area contributed by atoms with E-state index in [2.05, 4.69) is 17.2 Å². The van der Waals surface area contributed by atoms with Crippen LogP contribution in [0.4, 0.5) is 5.69 Å². The largest absolute Gasteiger partial charge is 0.334 e. The highest BCUT2D eigenvalue weighted by atomic mass is 16.2.